The fourth-order valence-corrected chi connectivity index (χ4v) is 2.77. The van der Waals surface area contributed by atoms with Crippen LogP contribution in [0.3, 0.4) is 0 Å². The lowest BCUT2D eigenvalue weighted by Gasteiger charge is -2.19. The van der Waals surface area contributed by atoms with E-state index in [4.69, 9.17) is 5.73 Å². The summed E-state index contributed by atoms with van der Waals surface area (Å²) in [7, 11) is 0. The molecular weight excluding hydrogens is 318 g/mol. The molecule has 0 aliphatic carbocycles. The van der Waals surface area contributed by atoms with Gasteiger partial charge in [0.2, 0.25) is 0 Å². The summed E-state index contributed by atoms with van der Waals surface area (Å²) in [6, 6.07) is 7.90. The van der Waals surface area contributed by atoms with Crippen LogP contribution in [0.15, 0.2) is 35.1 Å². The first-order valence-corrected chi connectivity index (χ1v) is 7.41. The number of anilines is 4. The number of halogens is 1. The van der Waals surface area contributed by atoms with Gasteiger partial charge in [0.25, 0.3) is 0 Å². The Bertz CT molecular complexity index is 610. The lowest BCUT2D eigenvalue weighted by atomic mass is 10.3. The smallest absolute Gasteiger partial charge is 0.159 e. The van der Waals surface area contributed by atoms with Gasteiger partial charge in [0.15, 0.2) is 11.6 Å². The van der Waals surface area contributed by atoms with Crippen LogP contribution in [0.4, 0.5) is 23.0 Å². The number of nitrogens with zero attached hydrogens (tertiary/aromatic N) is 3. The zero-order valence-electron chi connectivity index (χ0n) is 11.0. The predicted octanol–water partition coefficient (Wildman–Crippen LogP) is 3.17. The van der Waals surface area contributed by atoms with E-state index in [1.54, 1.807) is 6.33 Å². The number of hydrogen-bond acceptors (Lipinski definition) is 5. The molecule has 1 fully saturated rings. The number of aromatic nitrogens is 2. The predicted molar refractivity (Wildman–Crippen MR) is 85.3 cm³/mol. The van der Waals surface area contributed by atoms with Gasteiger partial charge in [0.1, 0.15) is 12.0 Å². The van der Waals surface area contributed by atoms with E-state index < -0.39 is 0 Å². The highest BCUT2D eigenvalue weighted by Gasteiger charge is 2.18. The van der Waals surface area contributed by atoms with E-state index in [1.165, 1.54) is 12.8 Å². The molecule has 104 valence electrons. The molecule has 0 amide bonds. The summed E-state index contributed by atoms with van der Waals surface area (Å²) >= 11 is 3.45. The van der Waals surface area contributed by atoms with E-state index >= 15 is 0 Å². The first kappa shape index (κ1) is 13.2. The first-order valence-electron chi connectivity index (χ1n) is 6.62. The highest BCUT2D eigenvalue weighted by atomic mass is 79.9. The molecule has 3 rings (SSSR count). The summed E-state index contributed by atoms with van der Waals surface area (Å²) in [4.78, 5) is 10.8. The minimum absolute atomic E-state index is 0.606. The van der Waals surface area contributed by atoms with Crippen LogP contribution in [0.25, 0.3) is 0 Å². The monoisotopic (exact) mass is 333 g/mol. The molecule has 20 heavy (non-hydrogen) atoms. The molecule has 0 radical (unpaired) electrons. The summed E-state index contributed by atoms with van der Waals surface area (Å²) in [5.74, 6) is 1.48. The molecule has 2 aromatic rings. The number of rotatable bonds is 3. The van der Waals surface area contributed by atoms with Gasteiger partial charge in [-0.3, -0.25) is 0 Å². The fourth-order valence-electron chi connectivity index (χ4n) is 2.37. The second kappa shape index (κ2) is 5.66. The van der Waals surface area contributed by atoms with Crippen LogP contribution in [-0.4, -0.2) is 23.1 Å². The van der Waals surface area contributed by atoms with Gasteiger partial charge in [0, 0.05) is 23.2 Å². The minimum atomic E-state index is 0.606. The van der Waals surface area contributed by atoms with Crippen molar-refractivity contribution in [2.75, 3.05) is 29.0 Å². The van der Waals surface area contributed by atoms with Crippen LogP contribution >= 0.6 is 15.9 Å². The Kier molecular flexibility index (Phi) is 3.73. The molecule has 0 unspecified atom stereocenters. The van der Waals surface area contributed by atoms with Crippen molar-refractivity contribution in [3.05, 3.63) is 35.1 Å². The van der Waals surface area contributed by atoms with Crippen molar-refractivity contribution in [3.8, 4) is 0 Å². The van der Waals surface area contributed by atoms with Gasteiger partial charge in [-0.05, 0) is 31.0 Å². The third-order valence-electron chi connectivity index (χ3n) is 3.36. The Labute approximate surface area is 126 Å². The highest BCUT2D eigenvalue weighted by Crippen LogP contribution is 2.30. The van der Waals surface area contributed by atoms with Crippen LogP contribution < -0.4 is 16.0 Å². The SMILES string of the molecule is Nc1c(Nc2cccc(Br)c2)ncnc1N1CCCC1. The second-order valence-corrected chi connectivity index (χ2v) is 5.70. The lowest BCUT2D eigenvalue weighted by Crippen LogP contribution is -2.21. The molecule has 1 aromatic carbocycles. The first-order chi connectivity index (χ1) is 9.74. The van der Waals surface area contributed by atoms with Crippen molar-refractivity contribution in [1.29, 1.82) is 0 Å². The molecule has 3 N–H and O–H groups in total. The molecule has 2 heterocycles. The van der Waals surface area contributed by atoms with Crippen LogP contribution in [0.1, 0.15) is 12.8 Å². The molecule has 5 nitrogen and oxygen atoms in total. The molecule has 0 bridgehead atoms. The number of nitrogen functional groups attached to an aromatic ring is 1. The number of nitrogens with two attached hydrogens (primary N) is 1. The van der Waals surface area contributed by atoms with Crippen LogP contribution in [0.2, 0.25) is 0 Å². The molecule has 1 aromatic heterocycles. The molecule has 0 saturated carbocycles. The zero-order chi connectivity index (χ0) is 13.9. The molecule has 1 aliphatic rings. The third kappa shape index (κ3) is 2.70. The Morgan fingerprint density at radius 1 is 1.20 bits per heavy atom. The fraction of sp³-hybridized carbons (Fsp3) is 0.286. The van der Waals surface area contributed by atoms with Gasteiger partial charge in [-0.25, -0.2) is 9.97 Å². The van der Waals surface area contributed by atoms with Gasteiger partial charge in [-0.15, -0.1) is 0 Å². The zero-order valence-corrected chi connectivity index (χ0v) is 12.6. The number of nitrogens with one attached hydrogen (secondary N) is 1. The Balaban J connectivity index is 1.88. The Hall–Kier alpha value is -1.82. The van der Waals surface area contributed by atoms with E-state index in [9.17, 15) is 0 Å². The molecule has 1 aliphatic heterocycles. The van der Waals surface area contributed by atoms with Crippen molar-refractivity contribution in [2.24, 2.45) is 0 Å². The molecule has 1 saturated heterocycles. The van der Waals surface area contributed by atoms with Crippen molar-refractivity contribution >= 4 is 38.9 Å². The summed E-state index contributed by atoms with van der Waals surface area (Å²) in [5.41, 5.74) is 7.76. The normalized spacial score (nSPS) is 14.6. The Morgan fingerprint density at radius 2 is 2.00 bits per heavy atom. The van der Waals surface area contributed by atoms with E-state index in [1.807, 2.05) is 24.3 Å². The third-order valence-corrected chi connectivity index (χ3v) is 3.85. The summed E-state index contributed by atoms with van der Waals surface area (Å²) < 4.78 is 1.01. The summed E-state index contributed by atoms with van der Waals surface area (Å²) in [5, 5.41) is 3.24. The van der Waals surface area contributed by atoms with E-state index in [-0.39, 0.29) is 0 Å². The number of benzene rings is 1. The molecule has 6 heteroatoms. The van der Waals surface area contributed by atoms with Gasteiger partial charge in [0.05, 0.1) is 0 Å². The molecule has 0 atom stereocenters. The van der Waals surface area contributed by atoms with Crippen molar-refractivity contribution in [3.63, 3.8) is 0 Å². The molecular formula is C14H16BrN5. The van der Waals surface area contributed by atoms with Crippen LogP contribution in [0.5, 0.6) is 0 Å². The van der Waals surface area contributed by atoms with Gasteiger partial charge < -0.3 is 16.0 Å². The summed E-state index contributed by atoms with van der Waals surface area (Å²) in [6.07, 6.45) is 3.94. The van der Waals surface area contributed by atoms with E-state index in [2.05, 4.69) is 36.1 Å². The van der Waals surface area contributed by atoms with Gasteiger partial charge >= 0.3 is 0 Å². The minimum Gasteiger partial charge on any atom is -0.393 e. The van der Waals surface area contributed by atoms with Crippen LogP contribution in [-0.2, 0) is 0 Å². The average Bonchev–Trinajstić information content (AvgIpc) is 2.95. The quantitative estimate of drug-likeness (QED) is 0.902. The van der Waals surface area contributed by atoms with Crippen molar-refractivity contribution in [1.82, 2.24) is 9.97 Å². The van der Waals surface area contributed by atoms with Gasteiger partial charge in [-0.2, -0.15) is 0 Å². The highest BCUT2D eigenvalue weighted by molar-refractivity contribution is 9.10. The van der Waals surface area contributed by atoms with Crippen molar-refractivity contribution in [2.45, 2.75) is 12.8 Å². The van der Waals surface area contributed by atoms with Gasteiger partial charge in [-0.1, -0.05) is 22.0 Å². The lowest BCUT2D eigenvalue weighted by molar-refractivity contribution is 0.931. The maximum atomic E-state index is 6.21. The van der Waals surface area contributed by atoms with Crippen LogP contribution in [0, 0.1) is 0 Å². The maximum Gasteiger partial charge on any atom is 0.159 e. The Morgan fingerprint density at radius 3 is 2.75 bits per heavy atom. The largest absolute Gasteiger partial charge is 0.393 e. The average molecular weight is 334 g/mol. The van der Waals surface area contributed by atoms with E-state index in [0.29, 0.717) is 11.5 Å². The summed E-state index contributed by atoms with van der Waals surface area (Å²) in [6.45, 7) is 2.02. The second-order valence-electron chi connectivity index (χ2n) is 4.79. The number of hydrogen-bond donors (Lipinski definition) is 2. The van der Waals surface area contributed by atoms with E-state index in [0.717, 1.165) is 29.1 Å². The van der Waals surface area contributed by atoms with Crippen molar-refractivity contribution < 1.29 is 0 Å². The standard InChI is InChI=1S/C14H16BrN5/c15-10-4-3-5-11(8-10)19-13-12(16)14(18-9-17-13)20-6-1-2-7-20/h3-5,8-9H,1-2,6-7,16H2,(H,17,18,19). The topological polar surface area (TPSA) is 67.1 Å². The molecule has 0 spiro atoms. The maximum absolute atomic E-state index is 6.21.